The topological polar surface area (TPSA) is 46.0 Å². The quantitative estimate of drug-likeness (QED) is 0.624. The number of nitrogens with one attached hydrogen (secondary N) is 1. The van der Waals surface area contributed by atoms with Gasteiger partial charge in [0.05, 0.1) is 11.6 Å². The van der Waals surface area contributed by atoms with Crippen LogP contribution < -0.4 is 5.32 Å². The lowest BCUT2D eigenvalue weighted by molar-refractivity contribution is 0.190. The molecule has 0 amide bonds. The number of hydrogen-bond acceptors (Lipinski definition) is 4. The summed E-state index contributed by atoms with van der Waals surface area (Å²) >= 11 is 5.26. The van der Waals surface area contributed by atoms with Gasteiger partial charge in [0.2, 0.25) is 0 Å². The molecular weight excluding hydrogens is 258 g/mol. The third-order valence-corrected chi connectivity index (χ3v) is 3.10. The van der Waals surface area contributed by atoms with Crippen molar-refractivity contribution in [2.75, 3.05) is 0 Å². The van der Waals surface area contributed by atoms with Gasteiger partial charge in [-0.2, -0.15) is 10.2 Å². The smallest absolute Gasteiger partial charge is 0.258 e. The van der Waals surface area contributed by atoms with E-state index < -0.39 is 0 Å². The van der Waals surface area contributed by atoms with Gasteiger partial charge in [-0.15, -0.1) is 0 Å². The molecule has 1 rings (SSSR count). The molecule has 110 valence electrons. The van der Waals surface area contributed by atoms with E-state index in [0.717, 1.165) is 25.7 Å². The van der Waals surface area contributed by atoms with Gasteiger partial charge in [-0.3, -0.25) is 0 Å². The second-order valence-corrected chi connectivity index (χ2v) is 6.91. The number of rotatable bonds is 3. The highest BCUT2D eigenvalue weighted by molar-refractivity contribution is 7.80. The maximum Gasteiger partial charge on any atom is 0.258 e. The minimum absolute atomic E-state index is 0.0835. The molecule has 1 N–H and O–H groups in total. The molecule has 0 aromatic carbocycles. The van der Waals surface area contributed by atoms with E-state index in [0.29, 0.717) is 5.17 Å². The molecule has 0 aromatic heterocycles. The van der Waals surface area contributed by atoms with Crippen molar-refractivity contribution in [2.24, 2.45) is 10.2 Å². The molecule has 0 aliphatic heterocycles. The Balaban J connectivity index is 2.75. The first-order valence-electron chi connectivity index (χ1n) is 7.15. The highest BCUT2D eigenvalue weighted by Gasteiger charge is 2.34. The molecule has 0 aromatic rings. The Labute approximate surface area is 122 Å². The molecule has 0 radical (unpaired) electrons. The highest BCUT2D eigenvalue weighted by Crippen LogP contribution is 2.31. The molecule has 0 bridgehead atoms. The second-order valence-electron chi connectivity index (χ2n) is 6.54. The van der Waals surface area contributed by atoms with Crippen LogP contribution in [0.1, 0.15) is 66.7 Å². The molecule has 5 heteroatoms. The fourth-order valence-electron chi connectivity index (χ4n) is 2.07. The van der Waals surface area contributed by atoms with E-state index in [9.17, 15) is 0 Å². The maximum atomic E-state index is 5.53. The number of hydrogen-bond donors (Lipinski definition) is 1. The third-order valence-electron chi connectivity index (χ3n) is 2.90. The number of ether oxygens (including phenoxy) is 1. The zero-order valence-corrected chi connectivity index (χ0v) is 13.6. The predicted octanol–water partition coefficient (Wildman–Crippen LogP) is 4.20. The van der Waals surface area contributed by atoms with Crippen LogP contribution in [0.4, 0.5) is 0 Å². The summed E-state index contributed by atoms with van der Waals surface area (Å²) in [6.45, 7) is 10.1. The lowest BCUT2D eigenvalue weighted by atomic mass is 9.90. The van der Waals surface area contributed by atoms with Crippen molar-refractivity contribution in [1.29, 1.82) is 0 Å². The molecule has 0 saturated heterocycles. The summed E-state index contributed by atoms with van der Waals surface area (Å²) in [5, 5.41) is 12.7. The summed E-state index contributed by atoms with van der Waals surface area (Å²) in [6, 6.07) is 0. The summed E-state index contributed by atoms with van der Waals surface area (Å²) in [6.07, 6.45) is 5.58. The molecule has 4 nitrogen and oxygen atoms in total. The van der Waals surface area contributed by atoms with Crippen LogP contribution in [0.25, 0.3) is 0 Å². The molecule has 0 unspecified atom stereocenters. The Kier molecular flexibility index (Phi) is 5.71. The van der Waals surface area contributed by atoms with Crippen LogP contribution in [0.5, 0.6) is 0 Å². The number of nitrogens with zero attached hydrogens (tertiary/aromatic N) is 2. The second kappa shape index (κ2) is 6.64. The van der Waals surface area contributed by atoms with Crippen LogP contribution >= 0.6 is 12.2 Å². The van der Waals surface area contributed by atoms with Crippen molar-refractivity contribution >= 4 is 17.4 Å². The normalized spacial score (nSPS) is 19.7. The molecule has 1 aliphatic rings. The van der Waals surface area contributed by atoms with E-state index >= 15 is 0 Å². The predicted molar refractivity (Wildman–Crippen MR) is 82.4 cm³/mol. The van der Waals surface area contributed by atoms with Gasteiger partial charge >= 0.3 is 0 Å². The van der Waals surface area contributed by atoms with Gasteiger partial charge in [0.15, 0.2) is 5.66 Å². The summed E-state index contributed by atoms with van der Waals surface area (Å²) < 4.78 is 5.53. The van der Waals surface area contributed by atoms with E-state index in [1.54, 1.807) is 0 Å². The summed E-state index contributed by atoms with van der Waals surface area (Å²) in [7, 11) is 0. The van der Waals surface area contributed by atoms with Gasteiger partial charge in [0.25, 0.3) is 5.17 Å². The van der Waals surface area contributed by atoms with Crippen LogP contribution in [-0.2, 0) is 4.74 Å². The Bertz CT molecular complexity index is 328. The molecule has 0 spiro atoms. The fraction of sp³-hybridized carbons (Fsp3) is 0.929. The van der Waals surface area contributed by atoms with Gasteiger partial charge in [-0.1, -0.05) is 6.42 Å². The van der Waals surface area contributed by atoms with Gasteiger partial charge in [0, 0.05) is 0 Å². The maximum absolute atomic E-state index is 5.53. The van der Waals surface area contributed by atoms with E-state index in [1.807, 2.05) is 13.8 Å². The Morgan fingerprint density at radius 1 is 1.21 bits per heavy atom. The van der Waals surface area contributed by atoms with Crippen LogP contribution in [0.2, 0.25) is 0 Å². The standard InChI is InChI=1S/C14H27N3OS/c1-11(2)18-12(19)15-14(9-7-6-8-10-14)17-16-13(3,4)5/h11H,6-10H2,1-5H3,(H,15,19). The minimum atomic E-state index is -0.364. The van der Waals surface area contributed by atoms with Crippen molar-refractivity contribution in [3.05, 3.63) is 0 Å². The first kappa shape index (κ1) is 16.3. The first-order chi connectivity index (χ1) is 8.72. The van der Waals surface area contributed by atoms with Crippen molar-refractivity contribution in [2.45, 2.75) is 84.0 Å². The monoisotopic (exact) mass is 285 g/mol. The van der Waals surface area contributed by atoms with Crippen LogP contribution in [-0.4, -0.2) is 22.5 Å². The van der Waals surface area contributed by atoms with E-state index in [-0.39, 0.29) is 17.3 Å². The average Bonchev–Trinajstić information content (AvgIpc) is 2.25. The molecule has 19 heavy (non-hydrogen) atoms. The van der Waals surface area contributed by atoms with Crippen LogP contribution in [0.3, 0.4) is 0 Å². The van der Waals surface area contributed by atoms with Crippen molar-refractivity contribution in [3.63, 3.8) is 0 Å². The largest absolute Gasteiger partial charge is 0.468 e. The van der Waals surface area contributed by atoms with Crippen molar-refractivity contribution < 1.29 is 4.74 Å². The summed E-state index contributed by atoms with van der Waals surface area (Å²) in [5.74, 6) is 0. The number of azo groups is 1. The first-order valence-corrected chi connectivity index (χ1v) is 7.56. The number of thiocarbonyl (C=S) groups is 1. The zero-order chi connectivity index (χ0) is 14.5. The SMILES string of the molecule is CC(C)OC(=S)NC1(N=NC(C)(C)C)CCCCC1. The van der Waals surface area contributed by atoms with E-state index in [1.165, 1.54) is 6.42 Å². The fourth-order valence-corrected chi connectivity index (χ4v) is 2.45. The molecular formula is C14H27N3OS. The van der Waals surface area contributed by atoms with Gasteiger partial charge in [-0.05, 0) is 72.5 Å². The summed E-state index contributed by atoms with van der Waals surface area (Å²) in [5.41, 5.74) is -0.524. The zero-order valence-electron chi connectivity index (χ0n) is 12.8. The van der Waals surface area contributed by atoms with Crippen molar-refractivity contribution in [1.82, 2.24) is 5.32 Å². The minimum Gasteiger partial charge on any atom is -0.468 e. The highest BCUT2D eigenvalue weighted by atomic mass is 32.1. The third kappa shape index (κ3) is 6.32. The van der Waals surface area contributed by atoms with Crippen LogP contribution in [0.15, 0.2) is 10.2 Å². The van der Waals surface area contributed by atoms with E-state index in [2.05, 4.69) is 36.3 Å². The van der Waals surface area contributed by atoms with Gasteiger partial charge in [0.1, 0.15) is 0 Å². The Morgan fingerprint density at radius 2 is 1.79 bits per heavy atom. The average molecular weight is 285 g/mol. The van der Waals surface area contributed by atoms with Gasteiger partial charge < -0.3 is 10.1 Å². The van der Waals surface area contributed by atoms with Crippen molar-refractivity contribution in [3.8, 4) is 0 Å². The molecule has 1 aliphatic carbocycles. The van der Waals surface area contributed by atoms with Crippen LogP contribution in [0, 0.1) is 0 Å². The molecule has 0 heterocycles. The van der Waals surface area contributed by atoms with Gasteiger partial charge in [-0.25, -0.2) is 0 Å². The Morgan fingerprint density at radius 3 is 2.26 bits per heavy atom. The molecule has 1 fully saturated rings. The lowest BCUT2D eigenvalue weighted by Crippen LogP contribution is -2.48. The Hall–Kier alpha value is -0.710. The van der Waals surface area contributed by atoms with E-state index in [4.69, 9.17) is 17.0 Å². The lowest BCUT2D eigenvalue weighted by Gasteiger charge is -2.34. The molecule has 0 atom stereocenters. The molecule has 1 saturated carbocycles. The summed E-state index contributed by atoms with van der Waals surface area (Å²) in [4.78, 5) is 0.